The highest BCUT2D eigenvalue weighted by Crippen LogP contribution is 2.19. The Morgan fingerprint density at radius 3 is 3.06 bits per heavy atom. The van der Waals surface area contributed by atoms with Crippen molar-refractivity contribution in [1.82, 2.24) is 20.3 Å². The number of halogens is 1. The Balaban J connectivity index is 1.76. The third-order valence-electron chi connectivity index (χ3n) is 3.29. The van der Waals surface area contributed by atoms with Crippen LogP contribution >= 0.6 is 0 Å². The van der Waals surface area contributed by atoms with Crippen molar-refractivity contribution in [3.05, 3.63) is 36.3 Å². The van der Waals surface area contributed by atoms with Crippen LogP contribution in [0.3, 0.4) is 0 Å². The van der Waals surface area contributed by atoms with E-state index in [1.54, 1.807) is 12.4 Å². The summed E-state index contributed by atoms with van der Waals surface area (Å²) in [4.78, 5) is 11.4. The van der Waals surface area contributed by atoms with Crippen molar-refractivity contribution in [2.45, 2.75) is 12.8 Å². The number of rotatable bonds is 3. The number of pyridine rings is 1. The zero-order valence-corrected chi connectivity index (χ0v) is 9.99. The summed E-state index contributed by atoms with van der Waals surface area (Å²) >= 11 is 0. The molecule has 0 aromatic carbocycles. The van der Waals surface area contributed by atoms with Crippen LogP contribution in [0.1, 0.15) is 12.2 Å². The second-order valence-electron chi connectivity index (χ2n) is 4.70. The Labute approximate surface area is 105 Å². The van der Waals surface area contributed by atoms with Gasteiger partial charge in [0.1, 0.15) is 11.6 Å². The molecule has 1 atom stereocenters. The molecule has 1 saturated heterocycles. The molecule has 0 radical (unpaired) electrons. The summed E-state index contributed by atoms with van der Waals surface area (Å²) in [5.74, 6) is 1.28. The zero-order valence-electron chi connectivity index (χ0n) is 9.99. The van der Waals surface area contributed by atoms with E-state index in [4.69, 9.17) is 0 Å². The summed E-state index contributed by atoms with van der Waals surface area (Å²) in [5, 5.41) is 3.34. The minimum atomic E-state index is -0.330. The molecule has 2 N–H and O–H groups in total. The van der Waals surface area contributed by atoms with Crippen molar-refractivity contribution in [2.75, 3.05) is 13.1 Å². The summed E-state index contributed by atoms with van der Waals surface area (Å²) in [5.41, 5.74) is 1.56. The van der Waals surface area contributed by atoms with Crippen LogP contribution in [0.25, 0.3) is 11.3 Å². The first kappa shape index (κ1) is 11.3. The number of H-pyrrole nitrogens is 1. The lowest BCUT2D eigenvalue weighted by atomic mass is 10.1. The Morgan fingerprint density at radius 1 is 1.33 bits per heavy atom. The number of hydrogen-bond donors (Lipinski definition) is 2. The van der Waals surface area contributed by atoms with Gasteiger partial charge in [0.05, 0.1) is 18.1 Å². The standard InChI is InChI=1S/C13H15FN4/c14-11-4-10(6-16-7-11)12-8-17-13(18-12)3-9-1-2-15-5-9/h4,6-9,15H,1-3,5H2,(H,17,18). The fourth-order valence-corrected chi connectivity index (χ4v) is 2.33. The van der Waals surface area contributed by atoms with Gasteiger partial charge in [0.15, 0.2) is 0 Å². The molecular formula is C13H15FN4. The lowest BCUT2D eigenvalue weighted by Crippen LogP contribution is -2.11. The van der Waals surface area contributed by atoms with E-state index in [-0.39, 0.29) is 5.82 Å². The third kappa shape index (κ3) is 2.41. The second-order valence-corrected chi connectivity index (χ2v) is 4.70. The van der Waals surface area contributed by atoms with E-state index >= 15 is 0 Å². The van der Waals surface area contributed by atoms with Crippen LogP contribution in [-0.2, 0) is 6.42 Å². The van der Waals surface area contributed by atoms with Crippen LogP contribution in [0.4, 0.5) is 4.39 Å². The van der Waals surface area contributed by atoms with E-state index in [0.29, 0.717) is 5.92 Å². The lowest BCUT2D eigenvalue weighted by Gasteiger charge is -2.04. The molecule has 1 aliphatic rings. The van der Waals surface area contributed by atoms with E-state index < -0.39 is 0 Å². The average molecular weight is 246 g/mol. The fraction of sp³-hybridized carbons (Fsp3) is 0.385. The van der Waals surface area contributed by atoms with Crippen molar-refractivity contribution in [1.29, 1.82) is 0 Å². The van der Waals surface area contributed by atoms with E-state index in [1.165, 1.54) is 18.7 Å². The first-order valence-corrected chi connectivity index (χ1v) is 6.17. The highest BCUT2D eigenvalue weighted by molar-refractivity contribution is 5.56. The van der Waals surface area contributed by atoms with Crippen molar-refractivity contribution in [3.63, 3.8) is 0 Å². The number of hydrogen-bond acceptors (Lipinski definition) is 3. The molecule has 5 heteroatoms. The van der Waals surface area contributed by atoms with Crippen LogP contribution in [0.5, 0.6) is 0 Å². The molecule has 2 aromatic rings. The van der Waals surface area contributed by atoms with Gasteiger partial charge >= 0.3 is 0 Å². The number of imidazole rings is 1. The topological polar surface area (TPSA) is 53.6 Å². The highest BCUT2D eigenvalue weighted by Gasteiger charge is 2.16. The first-order valence-electron chi connectivity index (χ1n) is 6.17. The van der Waals surface area contributed by atoms with Gasteiger partial charge in [-0.15, -0.1) is 0 Å². The molecule has 0 bridgehead atoms. The Bertz CT molecular complexity index is 531. The van der Waals surface area contributed by atoms with E-state index in [2.05, 4.69) is 20.3 Å². The van der Waals surface area contributed by atoms with Gasteiger partial charge in [0.25, 0.3) is 0 Å². The predicted octanol–water partition coefficient (Wildman–Crippen LogP) is 1.76. The molecule has 4 nitrogen and oxygen atoms in total. The monoisotopic (exact) mass is 246 g/mol. The molecule has 1 fully saturated rings. The second kappa shape index (κ2) is 4.86. The van der Waals surface area contributed by atoms with Gasteiger partial charge in [-0.05, 0) is 31.5 Å². The molecule has 2 aromatic heterocycles. The molecule has 0 saturated carbocycles. The number of nitrogens with zero attached hydrogens (tertiary/aromatic N) is 2. The number of aromatic nitrogens is 3. The smallest absolute Gasteiger partial charge is 0.142 e. The maximum absolute atomic E-state index is 13.1. The number of aromatic amines is 1. The quantitative estimate of drug-likeness (QED) is 0.867. The molecule has 3 rings (SSSR count). The van der Waals surface area contributed by atoms with Gasteiger partial charge in [-0.1, -0.05) is 0 Å². The van der Waals surface area contributed by atoms with E-state index in [9.17, 15) is 4.39 Å². The molecule has 0 amide bonds. The Hall–Kier alpha value is -1.75. The van der Waals surface area contributed by atoms with Gasteiger partial charge in [-0.25, -0.2) is 9.37 Å². The van der Waals surface area contributed by atoms with Gasteiger partial charge < -0.3 is 10.3 Å². The minimum absolute atomic E-state index is 0.330. The molecule has 3 heterocycles. The molecule has 18 heavy (non-hydrogen) atoms. The number of nitrogens with one attached hydrogen (secondary N) is 2. The SMILES string of the molecule is Fc1cncc(-c2cnc(CC3CCNC3)[nH]2)c1. The zero-order chi connectivity index (χ0) is 12.4. The normalized spacial score (nSPS) is 19.3. The predicted molar refractivity (Wildman–Crippen MR) is 66.5 cm³/mol. The molecular weight excluding hydrogens is 231 g/mol. The summed E-state index contributed by atoms with van der Waals surface area (Å²) in [6.07, 6.45) is 6.71. The maximum atomic E-state index is 13.1. The van der Waals surface area contributed by atoms with Crippen LogP contribution in [0.15, 0.2) is 24.7 Å². The largest absolute Gasteiger partial charge is 0.342 e. The summed E-state index contributed by atoms with van der Waals surface area (Å²) < 4.78 is 13.1. The van der Waals surface area contributed by atoms with Gasteiger partial charge in [-0.3, -0.25) is 4.98 Å². The minimum Gasteiger partial charge on any atom is -0.342 e. The van der Waals surface area contributed by atoms with Gasteiger partial charge in [-0.2, -0.15) is 0 Å². The molecule has 94 valence electrons. The Morgan fingerprint density at radius 2 is 2.28 bits per heavy atom. The van der Waals surface area contributed by atoms with Crippen LogP contribution < -0.4 is 5.32 Å². The van der Waals surface area contributed by atoms with Gasteiger partial charge in [0, 0.05) is 18.2 Å². The summed E-state index contributed by atoms with van der Waals surface area (Å²) in [6.45, 7) is 2.14. The maximum Gasteiger partial charge on any atom is 0.142 e. The first-order chi connectivity index (χ1) is 8.81. The molecule has 0 aliphatic carbocycles. The van der Waals surface area contributed by atoms with Crippen LogP contribution in [-0.4, -0.2) is 28.0 Å². The highest BCUT2D eigenvalue weighted by atomic mass is 19.1. The summed E-state index contributed by atoms with van der Waals surface area (Å²) in [6, 6.07) is 1.46. The van der Waals surface area contributed by atoms with Crippen LogP contribution in [0, 0.1) is 11.7 Å². The van der Waals surface area contributed by atoms with Crippen molar-refractivity contribution < 1.29 is 4.39 Å². The molecule has 1 unspecified atom stereocenters. The van der Waals surface area contributed by atoms with Crippen molar-refractivity contribution >= 4 is 0 Å². The lowest BCUT2D eigenvalue weighted by molar-refractivity contribution is 0.565. The fourth-order valence-electron chi connectivity index (χ4n) is 2.33. The third-order valence-corrected chi connectivity index (χ3v) is 3.29. The van der Waals surface area contributed by atoms with E-state index in [0.717, 1.165) is 36.6 Å². The average Bonchev–Trinajstić information content (AvgIpc) is 3.01. The van der Waals surface area contributed by atoms with E-state index in [1.807, 2.05) is 0 Å². The van der Waals surface area contributed by atoms with Crippen molar-refractivity contribution in [3.8, 4) is 11.3 Å². The molecule has 0 spiro atoms. The summed E-state index contributed by atoms with van der Waals surface area (Å²) in [7, 11) is 0. The van der Waals surface area contributed by atoms with Crippen molar-refractivity contribution in [2.24, 2.45) is 5.92 Å². The van der Waals surface area contributed by atoms with Gasteiger partial charge in [0.2, 0.25) is 0 Å². The van der Waals surface area contributed by atoms with Crippen LogP contribution in [0.2, 0.25) is 0 Å². The molecule has 1 aliphatic heterocycles. The Kier molecular flexibility index (Phi) is 3.06.